The summed E-state index contributed by atoms with van der Waals surface area (Å²) in [6.45, 7) is 1.88. The van der Waals surface area contributed by atoms with Crippen LogP contribution in [0.15, 0.2) is 35.3 Å². The topological polar surface area (TPSA) is 92.7 Å². The predicted octanol–water partition coefficient (Wildman–Crippen LogP) is 4.83. The van der Waals surface area contributed by atoms with Crippen LogP contribution in [0.4, 0.5) is 10.1 Å². The van der Waals surface area contributed by atoms with E-state index in [2.05, 4.69) is 10.6 Å². The lowest BCUT2D eigenvalue weighted by molar-refractivity contribution is -0.119. The lowest BCUT2D eigenvalue weighted by Crippen LogP contribution is -2.41. The number of pyridine rings is 1. The molecule has 3 fully saturated rings. The third-order valence-corrected chi connectivity index (χ3v) is 8.97. The van der Waals surface area contributed by atoms with Crippen LogP contribution in [0, 0.1) is 11.2 Å². The first-order chi connectivity index (χ1) is 19.2. The van der Waals surface area contributed by atoms with Crippen LogP contribution in [-0.2, 0) is 11.3 Å². The summed E-state index contributed by atoms with van der Waals surface area (Å²) >= 11 is 12.2. The molecule has 3 aromatic rings. The van der Waals surface area contributed by atoms with Gasteiger partial charge in [0.25, 0.3) is 5.91 Å². The number of hydrogen-bond acceptors (Lipinski definition) is 5. The van der Waals surface area contributed by atoms with Crippen LogP contribution in [0.25, 0.3) is 10.9 Å². The van der Waals surface area contributed by atoms with Crippen LogP contribution in [0.2, 0.25) is 10.0 Å². The highest BCUT2D eigenvalue weighted by Gasteiger charge is 2.42. The van der Waals surface area contributed by atoms with Crippen molar-refractivity contribution in [3.63, 3.8) is 0 Å². The number of hydrogen-bond donors (Lipinski definition) is 2. The maximum Gasteiger partial charge on any atom is 0.257 e. The molecule has 1 saturated carbocycles. The highest BCUT2D eigenvalue weighted by Crippen LogP contribution is 2.46. The number of halogens is 3. The van der Waals surface area contributed by atoms with Crippen molar-refractivity contribution in [2.75, 3.05) is 31.6 Å². The number of benzene rings is 2. The molecular weight excluding hydrogens is 558 g/mol. The first-order valence-electron chi connectivity index (χ1n) is 13.4. The van der Waals surface area contributed by atoms with Crippen molar-refractivity contribution in [3.8, 4) is 5.75 Å². The summed E-state index contributed by atoms with van der Waals surface area (Å²) in [5.74, 6) is -0.800. The van der Waals surface area contributed by atoms with Gasteiger partial charge in [0.05, 0.1) is 18.0 Å². The van der Waals surface area contributed by atoms with Crippen molar-refractivity contribution in [3.05, 3.63) is 67.7 Å². The molecule has 2 saturated heterocycles. The van der Waals surface area contributed by atoms with Crippen molar-refractivity contribution in [2.45, 2.75) is 44.7 Å². The average molecular weight is 587 g/mol. The Kier molecular flexibility index (Phi) is 6.91. The summed E-state index contributed by atoms with van der Waals surface area (Å²) in [4.78, 5) is 40.6. The minimum Gasteiger partial charge on any atom is -0.492 e. The molecule has 3 aliphatic rings. The number of amides is 2. The zero-order valence-electron chi connectivity index (χ0n) is 22.0. The third kappa shape index (κ3) is 4.79. The van der Waals surface area contributed by atoms with E-state index in [4.69, 9.17) is 27.9 Å². The van der Waals surface area contributed by atoms with E-state index >= 15 is 4.39 Å². The standard InChI is InChI=1S/C29H29Cl2FN4O4/c1-40-27-24-19(11-22(32)25(27)35-8-6-29(7-9-35)12-23(37)34-15-29)26(38)20(14-36(24)18-4-5-18)28(39)33-13-16-2-3-17(30)10-21(16)31/h2-3,10-11,14,18H,4-9,12-13,15H2,1H3,(H,33,39)(H,34,37). The lowest BCUT2D eigenvalue weighted by Gasteiger charge is -2.40. The summed E-state index contributed by atoms with van der Waals surface area (Å²) in [7, 11) is 1.47. The number of rotatable bonds is 6. The van der Waals surface area contributed by atoms with Crippen molar-refractivity contribution < 1.29 is 18.7 Å². The van der Waals surface area contributed by atoms with Gasteiger partial charge in [-0.05, 0) is 54.9 Å². The van der Waals surface area contributed by atoms with Crippen molar-refractivity contribution in [1.29, 1.82) is 0 Å². The summed E-state index contributed by atoms with van der Waals surface area (Å²) in [5, 5.41) is 6.66. The van der Waals surface area contributed by atoms with E-state index in [9.17, 15) is 14.4 Å². The van der Waals surface area contributed by atoms with Gasteiger partial charge < -0.3 is 24.8 Å². The monoisotopic (exact) mass is 586 g/mol. The molecule has 2 amide bonds. The smallest absolute Gasteiger partial charge is 0.257 e. The largest absolute Gasteiger partial charge is 0.492 e. The molecule has 1 spiro atoms. The van der Waals surface area contributed by atoms with Crippen LogP contribution >= 0.6 is 23.2 Å². The Hall–Kier alpha value is -3.30. The van der Waals surface area contributed by atoms with Gasteiger partial charge in [0.2, 0.25) is 11.3 Å². The number of nitrogens with zero attached hydrogens (tertiary/aromatic N) is 2. The van der Waals surface area contributed by atoms with Gasteiger partial charge in [0.15, 0.2) is 11.6 Å². The van der Waals surface area contributed by atoms with Gasteiger partial charge in [-0.15, -0.1) is 0 Å². The van der Waals surface area contributed by atoms with Crippen molar-refractivity contribution >= 4 is 51.6 Å². The Labute approximate surface area is 240 Å². The van der Waals surface area contributed by atoms with E-state index in [1.54, 1.807) is 24.4 Å². The van der Waals surface area contributed by atoms with Gasteiger partial charge in [-0.3, -0.25) is 14.4 Å². The van der Waals surface area contributed by atoms with Crippen molar-refractivity contribution in [2.24, 2.45) is 5.41 Å². The normalized spacial score (nSPS) is 18.3. The molecule has 8 nitrogen and oxygen atoms in total. The molecule has 2 aromatic carbocycles. The molecule has 0 radical (unpaired) electrons. The van der Waals surface area contributed by atoms with Crippen LogP contribution in [0.5, 0.6) is 5.75 Å². The maximum atomic E-state index is 15.8. The van der Waals surface area contributed by atoms with Gasteiger partial charge in [-0.1, -0.05) is 29.3 Å². The summed E-state index contributed by atoms with van der Waals surface area (Å²) in [5.41, 5.74) is 0.719. The zero-order chi connectivity index (χ0) is 28.2. The summed E-state index contributed by atoms with van der Waals surface area (Å²) in [6, 6.07) is 6.27. The van der Waals surface area contributed by atoms with Crippen molar-refractivity contribution in [1.82, 2.24) is 15.2 Å². The molecule has 2 N–H and O–H groups in total. The van der Waals surface area contributed by atoms with E-state index in [0.29, 0.717) is 52.9 Å². The summed E-state index contributed by atoms with van der Waals surface area (Å²) < 4.78 is 23.5. The van der Waals surface area contributed by atoms with Crippen LogP contribution in [0.3, 0.4) is 0 Å². The molecule has 2 aliphatic heterocycles. The maximum absolute atomic E-state index is 15.8. The molecule has 1 aromatic heterocycles. The highest BCUT2D eigenvalue weighted by molar-refractivity contribution is 6.35. The Morgan fingerprint density at radius 1 is 1.20 bits per heavy atom. The number of ether oxygens (including phenoxy) is 1. The Bertz CT molecular complexity index is 1600. The van der Waals surface area contributed by atoms with Gasteiger partial charge >= 0.3 is 0 Å². The molecular formula is C29H29Cl2FN4O4. The molecule has 3 heterocycles. The predicted molar refractivity (Wildman–Crippen MR) is 152 cm³/mol. The van der Waals surface area contributed by atoms with E-state index < -0.39 is 17.2 Å². The van der Waals surface area contributed by atoms with E-state index in [1.807, 2.05) is 9.47 Å². The number of aromatic nitrogens is 1. The van der Waals surface area contributed by atoms with Gasteiger partial charge in [-0.2, -0.15) is 0 Å². The summed E-state index contributed by atoms with van der Waals surface area (Å²) in [6.07, 6.45) is 5.31. The van der Waals surface area contributed by atoms with Crippen LogP contribution in [-0.4, -0.2) is 43.1 Å². The first-order valence-corrected chi connectivity index (χ1v) is 14.1. The van der Waals surface area contributed by atoms with Gasteiger partial charge in [0, 0.05) is 54.9 Å². The molecule has 6 rings (SSSR count). The van der Waals surface area contributed by atoms with Gasteiger partial charge in [0.1, 0.15) is 11.3 Å². The van der Waals surface area contributed by atoms with Crippen LogP contribution in [0.1, 0.15) is 54.1 Å². The number of piperidine rings is 1. The SMILES string of the molecule is COc1c(N2CCC3(CC2)CNC(=O)C3)c(F)cc2c(=O)c(C(=O)NCc3ccc(Cl)cc3Cl)cn(C3CC3)c12. The average Bonchev–Trinajstić information content (AvgIpc) is 3.71. The second kappa shape index (κ2) is 10.3. The number of carbonyl (C=O) groups excluding carboxylic acids is 2. The highest BCUT2D eigenvalue weighted by atomic mass is 35.5. The minimum absolute atomic E-state index is 0.0625. The molecule has 210 valence electrons. The van der Waals surface area contributed by atoms with E-state index in [-0.39, 0.29) is 40.6 Å². The first kappa shape index (κ1) is 26.9. The fourth-order valence-corrected chi connectivity index (χ4v) is 6.45. The number of nitrogens with one attached hydrogen (secondary N) is 2. The minimum atomic E-state index is -0.578. The number of carbonyl (C=O) groups is 2. The zero-order valence-corrected chi connectivity index (χ0v) is 23.5. The quantitative estimate of drug-likeness (QED) is 0.431. The number of fused-ring (bicyclic) bond motifs is 1. The number of methoxy groups -OCH3 is 1. The Morgan fingerprint density at radius 3 is 2.58 bits per heavy atom. The molecule has 1 aliphatic carbocycles. The third-order valence-electron chi connectivity index (χ3n) is 8.38. The fourth-order valence-electron chi connectivity index (χ4n) is 5.98. The molecule has 11 heteroatoms. The molecule has 0 unspecified atom stereocenters. The molecule has 0 atom stereocenters. The Balaban J connectivity index is 1.36. The van der Waals surface area contributed by atoms with Crippen LogP contribution < -0.4 is 25.7 Å². The second-order valence-electron chi connectivity index (χ2n) is 11.0. The molecule has 0 bridgehead atoms. The fraction of sp³-hybridized carbons (Fsp3) is 0.414. The second-order valence-corrected chi connectivity index (χ2v) is 11.8. The van der Waals surface area contributed by atoms with E-state index in [1.165, 1.54) is 13.2 Å². The lowest BCUT2D eigenvalue weighted by atomic mass is 9.77. The number of anilines is 1. The Morgan fingerprint density at radius 2 is 1.95 bits per heavy atom. The molecule has 40 heavy (non-hydrogen) atoms. The van der Waals surface area contributed by atoms with Gasteiger partial charge in [-0.25, -0.2) is 4.39 Å². The van der Waals surface area contributed by atoms with E-state index in [0.717, 1.165) is 25.7 Å².